The average molecular weight is 237 g/mol. The number of hydrogen-bond acceptors (Lipinski definition) is 5. The fourth-order valence-corrected chi connectivity index (χ4v) is 1.54. The predicted molar refractivity (Wildman–Crippen MR) is 60.3 cm³/mol. The molecule has 4 nitrogen and oxygen atoms in total. The highest BCUT2D eigenvalue weighted by molar-refractivity contribution is 7.80. The second-order valence-electron chi connectivity index (χ2n) is 3.02. The second-order valence-corrected chi connectivity index (χ2v) is 3.47. The van der Waals surface area contributed by atoms with Gasteiger partial charge in [-0.05, 0) is 24.6 Å². The summed E-state index contributed by atoms with van der Waals surface area (Å²) in [6.07, 6.45) is 0. The molecule has 0 saturated heterocycles. The summed E-state index contributed by atoms with van der Waals surface area (Å²) < 4.78 is 4.83. The first-order chi connectivity index (χ1) is 7.63. The van der Waals surface area contributed by atoms with Crippen molar-refractivity contribution in [2.45, 2.75) is 18.4 Å². The van der Waals surface area contributed by atoms with E-state index in [-0.39, 0.29) is 18.8 Å². The molecule has 0 heterocycles. The van der Waals surface area contributed by atoms with E-state index in [4.69, 9.17) is 15.1 Å². The molecule has 1 rings (SSSR count). The number of rotatable bonds is 3. The Bertz CT molecular complexity index is 451. The van der Waals surface area contributed by atoms with E-state index >= 15 is 0 Å². The first-order valence-corrected chi connectivity index (χ1v) is 5.12. The van der Waals surface area contributed by atoms with E-state index in [1.807, 2.05) is 6.07 Å². The van der Waals surface area contributed by atoms with Gasteiger partial charge in [-0.25, -0.2) is 4.79 Å². The molecule has 0 atom stereocenters. The molecule has 0 unspecified atom stereocenters. The van der Waals surface area contributed by atoms with Crippen LogP contribution in [-0.2, 0) is 11.3 Å². The number of carbonyl (C=O) groups is 1. The number of aliphatic hydroxyl groups excluding tert-OH is 1. The molecular formula is C11H11NO3S. The Kier molecular flexibility index (Phi) is 4.35. The summed E-state index contributed by atoms with van der Waals surface area (Å²) in [5.74, 6) is -0.542. The molecule has 0 radical (unpaired) electrons. The number of carbonyl (C=O) groups excluding carboxylic acids is 1. The minimum Gasteiger partial charge on any atom is -0.462 e. The smallest absolute Gasteiger partial charge is 0.339 e. The van der Waals surface area contributed by atoms with Gasteiger partial charge >= 0.3 is 5.97 Å². The number of nitriles is 1. The van der Waals surface area contributed by atoms with Crippen molar-refractivity contribution in [3.8, 4) is 6.07 Å². The van der Waals surface area contributed by atoms with Gasteiger partial charge in [0.05, 0.1) is 30.4 Å². The molecule has 1 aromatic carbocycles. The number of ether oxygens (including phenoxy) is 1. The molecule has 0 bridgehead atoms. The molecule has 84 valence electrons. The van der Waals surface area contributed by atoms with Crippen LogP contribution in [0.5, 0.6) is 0 Å². The molecule has 0 amide bonds. The van der Waals surface area contributed by atoms with Gasteiger partial charge in [0.25, 0.3) is 0 Å². The number of esters is 1. The van der Waals surface area contributed by atoms with Gasteiger partial charge in [-0.15, -0.1) is 12.6 Å². The molecule has 0 aromatic heterocycles. The highest BCUT2D eigenvalue weighted by Crippen LogP contribution is 2.22. The first-order valence-electron chi connectivity index (χ1n) is 4.68. The SMILES string of the molecule is CCOC(=O)c1cc(C#N)cc(CO)c1S. The second kappa shape index (κ2) is 5.54. The topological polar surface area (TPSA) is 70.3 Å². The molecular weight excluding hydrogens is 226 g/mol. The summed E-state index contributed by atoms with van der Waals surface area (Å²) in [6.45, 7) is 1.66. The minimum atomic E-state index is -0.542. The maximum atomic E-state index is 11.5. The number of nitrogens with zero attached hydrogens (tertiary/aromatic N) is 1. The van der Waals surface area contributed by atoms with Gasteiger partial charge in [-0.1, -0.05) is 0 Å². The zero-order valence-corrected chi connectivity index (χ0v) is 9.62. The number of hydrogen-bond donors (Lipinski definition) is 2. The quantitative estimate of drug-likeness (QED) is 0.617. The van der Waals surface area contributed by atoms with Crippen LogP contribution in [0.25, 0.3) is 0 Å². The van der Waals surface area contributed by atoms with Crippen LogP contribution in [0, 0.1) is 11.3 Å². The lowest BCUT2D eigenvalue weighted by Crippen LogP contribution is -2.07. The Hall–Kier alpha value is -1.51. The van der Waals surface area contributed by atoms with E-state index in [9.17, 15) is 4.79 Å². The Morgan fingerprint density at radius 1 is 1.62 bits per heavy atom. The Morgan fingerprint density at radius 3 is 2.81 bits per heavy atom. The number of aliphatic hydroxyl groups is 1. The van der Waals surface area contributed by atoms with Gasteiger partial charge in [0, 0.05) is 4.90 Å². The van der Waals surface area contributed by atoms with Crippen LogP contribution in [0.2, 0.25) is 0 Å². The normalized spacial score (nSPS) is 9.62. The molecule has 16 heavy (non-hydrogen) atoms. The van der Waals surface area contributed by atoms with Crippen LogP contribution in [0.15, 0.2) is 17.0 Å². The number of benzene rings is 1. The van der Waals surface area contributed by atoms with Crippen LogP contribution in [-0.4, -0.2) is 17.7 Å². The molecule has 0 spiro atoms. The Labute approximate surface area is 98.9 Å². The minimum absolute atomic E-state index is 0.202. The monoisotopic (exact) mass is 237 g/mol. The Morgan fingerprint density at radius 2 is 2.31 bits per heavy atom. The van der Waals surface area contributed by atoms with E-state index < -0.39 is 5.97 Å². The molecule has 0 aliphatic heterocycles. The van der Waals surface area contributed by atoms with E-state index in [1.165, 1.54) is 12.1 Å². The summed E-state index contributed by atoms with van der Waals surface area (Å²) in [5.41, 5.74) is 0.934. The zero-order chi connectivity index (χ0) is 12.1. The van der Waals surface area contributed by atoms with Crippen LogP contribution in [0.4, 0.5) is 0 Å². The van der Waals surface area contributed by atoms with Gasteiger partial charge in [-0.2, -0.15) is 5.26 Å². The maximum absolute atomic E-state index is 11.5. The van der Waals surface area contributed by atoms with Crippen molar-refractivity contribution in [1.82, 2.24) is 0 Å². The van der Waals surface area contributed by atoms with Crippen molar-refractivity contribution >= 4 is 18.6 Å². The molecule has 1 N–H and O–H groups in total. The molecule has 0 aliphatic rings. The number of thiol groups is 1. The van der Waals surface area contributed by atoms with Crippen molar-refractivity contribution in [2.75, 3.05) is 6.61 Å². The van der Waals surface area contributed by atoms with Gasteiger partial charge in [-0.3, -0.25) is 0 Å². The maximum Gasteiger partial charge on any atom is 0.339 e. The zero-order valence-electron chi connectivity index (χ0n) is 8.73. The largest absolute Gasteiger partial charge is 0.462 e. The lowest BCUT2D eigenvalue weighted by Gasteiger charge is -2.08. The highest BCUT2D eigenvalue weighted by atomic mass is 32.1. The van der Waals surface area contributed by atoms with Gasteiger partial charge in [0.2, 0.25) is 0 Å². The highest BCUT2D eigenvalue weighted by Gasteiger charge is 2.15. The van der Waals surface area contributed by atoms with E-state index in [1.54, 1.807) is 6.92 Å². The third-order valence-corrected chi connectivity index (χ3v) is 2.51. The lowest BCUT2D eigenvalue weighted by molar-refractivity contribution is 0.0522. The summed E-state index contributed by atoms with van der Waals surface area (Å²) in [6, 6.07) is 4.81. The van der Waals surface area contributed by atoms with Crippen LogP contribution in [0.3, 0.4) is 0 Å². The fraction of sp³-hybridized carbons (Fsp3) is 0.273. The third kappa shape index (κ3) is 2.54. The molecule has 0 saturated carbocycles. The summed E-state index contributed by atoms with van der Waals surface area (Å²) in [5, 5.41) is 17.8. The van der Waals surface area contributed by atoms with Crippen LogP contribution < -0.4 is 0 Å². The van der Waals surface area contributed by atoms with Crippen molar-refractivity contribution in [1.29, 1.82) is 5.26 Å². The third-order valence-electron chi connectivity index (χ3n) is 1.98. The fourth-order valence-electron chi connectivity index (χ4n) is 1.24. The van der Waals surface area contributed by atoms with E-state index in [2.05, 4.69) is 12.6 Å². The van der Waals surface area contributed by atoms with Crippen molar-refractivity contribution in [3.05, 3.63) is 28.8 Å². The van der Waals surface area contributed by atoms with E-state index in [0.29, 0.717) is 16.0 Å². The summed E-state index contributed by atoms with van der Waals surface area (Å²) in [4.78, 5) is 11.9. The van der Waals surface area contributed by atoms with Crippen molar-refractivity contribution < 1.29 is 14.6 Å². The molecule has 0 aliphatic carbocycles. The summed E-state index contributed by atoms with van der Waals surface area (Å²) in [7, 11) is 0. The van der Waals surface area contributed by atoms with Gasteiger partial charge in [0.15, 0.2) is 0 Å². The van der Waals surface area contributed by atoms with Crippen molar-refractivity contribution in [3.63, 3.8) is 0 Å². The van der Waals surface area contributed by atoms with Crippen LogP contribution >= 0.6 is 12.6 Å². The molecule has 5 heteroatoms. The van der Waals surface area contributed by atoms with Crippen molar-refractivity contribution in [2.24, 2.45) is 0 Å². The summed E-state index contributed by atoms with van der Waals surface area (Å²) >= 11 is 4.14. The van der Waals surface area contributed by atoms with E-state index in [0.717, 1.165) is 0 Å². The van der Waals surface area contributed by atoms with Crippen LogP contribution in [0.1, 0.15) is 28.4 Å². The average Bonchev–Trinajstić information content (AvgIpc) is 2.29. The Balaban J connectivity index is 3.27. The van der Waals surface area contributed by atoms with Gasteiger partial charge < -0.3 is 9.84 Å². The first kappa shape index (κ1) is 12.6. The van der Waals surface area contributed by atoms with Gasteiger partial charge in [0.1, 0.15) is 0 Å². The molecule has 1 aromatic rings. The molecule has 0 fully saturated rings. The standard InChI is InChI=1S/C11H11NO3S/c1-2-15-11(14)9-4-7(5-12)3-8(6-13)10(9)16/h3-4,13,16H,2,6H2,1H3. The lowest BCUT2D eigenvalue weighted by atomic mass is 10.1. The predicted octanol–water partition coefficient (Wildman–Crippen LogP) is 1.52.